The van der Waals surface area contributed by atoms with Crippen molar-refractivity contribution in [3.63, 3.8) is 0 Å². The Morgan fingerprint density at radius 1 is 0.592 bits per heavy atom. The van der Waals surface area contributed by atoms with Crippen LogP contribution in [0.4, 0.5) is 4.39 Å². The summed E-state index contributed by atoms with van der Waals surface area (Å²) < 4.78 is 11.8. The highest BCUT2D eigenvalue weighted by Gasteiger charge is 2.17. The van der Waals surface area contributed by atoms with E-state index >= 15 is 0 Å². The first-order valence-corrected chi connectivity index (χ1v) is 26.5. The van der Waals surface area contributed by atoms with Crippen molar-refractivity contribution in [1.29, 1.82) is 0 Å². The first-order valence-electron chi connectivity index (χ1n) is 26.5. The summed E-state index contributed by atoms with van der Waals surface area (Å²) in [6.45, 7) is 49.2. The van der Waals surface area contributed by atoms with Gasteiger partial charge in [-0.15, -0.1) is 6.42 Å². The summed E-state index contributed by atoms with van der Waals surface area (Å²) in [6, 6.07) is 0. The van der Waals surface area contributed by atoms with Crippen molar-refractivity contribution < 1.29 is 47.5 Å². The van der Waals surface area contributed by atoms with Gasteiger partial charge in [0.2, 0.25) is 11.6 Å². The molecule has 0 aromatic heterocycles. The number of hydrogen-bond acceptors (Lipinski definition) is 10. The van der Waals surface area contributed by atoms with E-state index in [9.17, 15) is 47.5 Å². The smallest absolute Gasteiger partial charge is 0.207 e. The lowest BCUT2D eigenvalue weighted by Crippen LogP contribution is -2.13. The third-order valence-electron chi connectivity index (χ3n) is 9.69. The molecule has 0 fully saturated rings. The number of ketones is 9. The van der Waals surface area contributed by atoms with E-state index < -0.39 is 11.6 Å². The largest absolute Gasteiger partial charge is 0.306 e. The molecule has 0 aromatic carbocycles. The van der Waals surface area contributed by atoms with Gasteiger partial charge in [0, 0.05) is 59.8 Å². The van der Waals surface area contributed by atoms with Crippen LogP contribution in [0.1, 0.15) is 178 Å². The quantitative estimate of drug-likeness (QED) is 0.0735. The molecule has 2 rings (SSSR count). The lowest BCUT2D eigenvalue weighted by molar-refractivity contribution is -0.120. The lowest BCUT2D eigenvalue weighted by Gasteiger charge is -2.14. The molecule has 0 radical (unpaired) electrons. The number of Topliss-reactive ketones (excluding diaryl/α,β-unsaturated/α-hetero) is 6. The van der Waals surface area contributed by atoms with Crippen LogP contribution >= 0.6 is 0 Å². The molecule has 0 bridgehead atoms. The van der Waals surface area contributed by atoms with Crippen LogP contribution in [0.25, 0.3) is 0 Å². The fourth-order valence-corrected chi connectivity index (χ4v) is 4.55. The van der Waals surface area contributed by atoms with E-state index in [4.69, 9.17) is 6.42 Å². The summed E-state index contributed by atoms with van der Waals surface area (Å²) in [5.74, 6) is 7.55. The molecule has 2 aliphatic carbocycles. The van der Waals surface area contributed by atoms with Gasteiger partial charge in [0.1, 0.15) is 0 Å². The van der Waals surface area contributed by atoms with Crippen LogP contribution in [-0.2, 0) is 43.2 Å². The first-order chi connectivity index (χ1) is 34.8. The predicted octanol–water partition coefficient (Wildman–Crippen LogP) is 14.3. The average molecular weight is 1060 g/mol. The highest BCUT2D eigenvalue weighted by Crippen LogP contribution is 2.22. The summed E-state index contributed by atoms with van der Waals surface area (Å²) in [6.07, 6.45) is 22.6. The Morgan fingerprint density at radius 2 is 0.987 bits per heavy atom. The SMILES string of the molecule is C#CC(=O)C(C)C.C/C=C/C(=O)C(C)C.C=C(C)C(=O)C(C)C.C=C(F)C(=O)C(C)C.C=CC(=O)C(C)C.CC#CC(=O)C(C)C.CC(C)C(=O)/C=C/CN(C)C.CC(C)C(=O)C1=CCC1.CC(C)C(=O)C1=CCCC1. The van der Waals surface area contributed by atoms with Gasteiger partial charge in [-0.05, 0) is 114 Å². The fourth-order valence-electron chi connectivity index (χ4n) is 4.55. The highest BCUT2D eigenvalue weighted by atomic mass is 19.1. The van der Waals surface area contributed by atoms with Crippen molar-refractivity contribution in [1.82, 2.24) is 4.90 Å². The molecule has 76 heavy (non-hydrogen) atoms. The number of halogens is 1. The van der Waals surface area contributed by atoms with Crippen molar-refractivity contribution in [3.8, 4) is 24.2 Å². The maximum absolute atomic E-state index is 11.8. The van der Waals surface area contributed by atoms with Crippen LogP contribution in [0.5, 0.6) is 0 Å². The molecule has 0 amide bonds. The summed E-state index contributed by atoms with van der Waals surface area (Å²) in [5.41, 5.74) is 2.76. The summed E-state index contributed by atoms with van der Waals surface area (Å²) in [5, 5.41) is 0. The molecule has 0 unspecified atom stereocenters. The molecule has 0 heterocycles. The molecule has 0 spiro atoms. The summed E-state index contributed by atoms with van der Waals surface area (Å²) in [4.78, 5) is 98.4. The Balaban J connectivity index is -0.000000142. The Hall–Kier alpha value is -5.78. The lowest BCUT2D eigenvalue weighted by atomic mass is 9.90. The van der Waals surface area contributed by atoms with Gasteiger partial charge in [0.25, 0.3) is 0 Å². The standard InChI is InChI=1S/C9H17NO.C9H14O.C8H12O.2C7H12O.C7H10O.C6H9FO.C6H10O.C6H8O/c1-8(2)9(11)6-5-7-10(3)4;1-7(2)9(10)8-5-3-4-6-8;1-6(2)8(9)7-4-3-5-7;1-5(2)7(8)6(3)4;2*1-4-5-7(8)6(2)3;1-4(2)6(8)5(3)7;2*1-4-6(7)5(2)3/h5-6,8H,7H2,1-4H3;5,7H,3-4,6H2,1-2H3;4,6H,3,5H2,1-2H3;6H,1H2,2-4H3;4-6H,1-3H3;6H,1-3H3;4H,3H2,1-2H3;4-5H,1H2,2-3H3;1,5H,2-3H3/b6-5+;;;;5-4+;;;;. The fraction of sp³-hybridized carbons (Fsp3) is 0.585. The van der Waals surface area contributed by atoms with Crippen LogP contribution in [0, 0.1) is 77.4 Å². The van der Waals surface area contributed by atoms with Gasteiger partial charge in [-0.1, -0.05) is 175 Å². The van der Waals surface area contributed by atoms with Crippen LogP contribution in [-0.4, -0.2) is 77.6 Å². The maximum atomic E-state index is 11.8. The number of allylic oxidation sites excluding steroid dienone is 10. The maximum Gasteiger partial charge on any atom is 0.207 e. The number of nitrogens with zero attached hydrogens (tertiary/aromatic N) is 1. The van der Waals surface area contributed by atoms with Gasteiger partial charge in [0.05, 0.1) is 0 Å². The normalized spacial score (nSPS) is 11.6. The van der Waals surface area contributed by atoms with Crippen molar-refractivity contribution in [2.75, 3.05) is 20.6 Å². The highest BCUT2D eigenvalue weighted by molar-refractivity contribution is 5.99. The Morgan fingerprint density at radius 3 is 1.13 bits per heavy atom. The van der Waals surface area contributed by atoms with E-state index in [0.29, 0.717) is 17.1 Å². The zero-order valence-corrected chi connectivity index (χ0v) is 51.7. The Kier molecular flexibility index (Phi) is 56.9. The topological polar surface area (TPSA) is 157 Å². The molecule has 2 aliphatic rings. The second-order valence-electron chi connectivity index (χ2n) is 20.7. The monoisotopic (exact) mass is 1060 g/mol. The molecule has 0 N–H and O–H groups in total. The third kappa shape index (κ3) is 54.5. The van der Waals surface area contributed by atoms with Crippen LogP contribution in [0.2, 0.25) is 0 Å². The molecule has 0 atom stereocenters. The number of likely N-dealkylation sites (N-methyl/N-ethyl adjacent to an activating group) is 1. The molecule has 0 saturated carbocycles. The number of terminal acetylenes is 1. The average Bonchev–Trinajstić information content (AvgIpc) is 3.86. The summed E-state index contributed by atoms with van der Waals surface area (Å²) in [7, 11) is 3.95. The van der Waals surface area contributed by atoms with E-state index in [-0.39, 0.29) is 88.0 Å². The van der Waals surface area contributed by atoms with E-state index in [1.165, 1.54) is 12.5 Å². The van der Waals surface area contributed by atoms with Gasteiger partial charge < -0.3 is 4.90 Å². The minimum atomic E-state index is -0.847. The predicted molar refractivity (Wildman–Crippen MR) is 318 cm³/mol. The molecular formula is C65H104FNO9. The first kappa shape index (κ1) is 84.2. The van der Waals surface area contributed by atoms with Crippen molar-refractivity contribution >= 4 is 52.0 Å². The molecule has 11 heteroatoms. The van der Waals surface area contributed by atoms with Crippen LogP contribution in [0.3, 0.4) is 0 Å². The van der Waals surface area contributed by atoms with Gasteiger partial charge >= 0.3 is 0 Å². The summed E-state index contributed by atoms with van der Waals surface area (Å²) >= 11 is 0. The molecule has 0 aliphatic heterocycles. The van der Waals surface area contributed by atoms with Gasteiger partial charge in [-0.25, -0.2) is 4.39 Å². The van der Waals surface area contributed by atoms with Crippen molar-refractivity contribution in [3.05, 3.63) is 84.8 Å². The number of carbonyl (C=O) groups excluding carboxylic acids is 9. The van der Waals surface area contributed by atoms with E-state index in [2.05, 4.69) is 37.7 Å². The van der Waals surface area contributed by atoms with Gasteiger partial charge in [0.15, 0.2) is 46.3 Å². The zero-order valence-electron chi connectivity index (χ0n) is 51.7. The van der Waals surface area contributed by atoms with Crippen molar-refractivity contribution in [2.24, 2.45) is 53.3 Å². The van der Waals surface area contributed by atoms with E-state index in [1.807, 2.05) is 141 Å². The van der Waals surface area contributed by atoms with Crippen LogP contribution < -0.4 is 0 Å². The minimum absolute atomic E-state index is 0.00926. The zero-order chi connectivity index (χ0) is 61.6. The number of carbonyl (C=O) groups is 9. The van der Waals surface area contributed by atoms with E-state index in [1.54, 1.807) is 59.8 Å². The number of hydrogen-bond donors (Lipinski definition) is 0. The Labute approximate surface area is 463 Å². The van der Waals surface area contributed by atoms with Gasteiger partial charge in [-0.2, -0.15) is 0 Å². The van der Waals surface area contributed by atoms with Gasteiger partial charge in [-0.3, -0.25) is 43.2 Å². The second-order valence-corrected chi connectivity index (χ2v) is 20.7. The van der Waals surface area contributed by atoms with Crippen molar-refractivity contribution in [2.45, 2.75) is 178 Å². The molecule has 0 saturated heterocycles. The minimum Gasteiger partial charge on any atom is -0.306 e. The second kappa shape index (κ2) is 51.3. The van der Waals surface area contributed by atoms with E-state index in [0.717, 1.165) is 43.4 Å². The third-order valence-corrected chi connectivity index (χ3v) is 9.69. The molecular weight excluding hydrogens is 958 g/mol. The van der Waals surface area contributed by atoms with Crippen LogP contribution in [0.15, 0.2) is 84.8 Å². The molecule has 10 nitrogen and oxygen atoms in total. The Bertz CT molecular complexity index is 2010. The molecule has 0 aromatic rings. The molecule has 430 valence electrons. The number of rotatable bonds is 18.